The maximum Gasteiger partial charge on any atom is 0.408 e. The minimum absolute atomic E-state index is 0.539. The van der Waals surface area contributed by atoms with Crippen LogP contribution in [0.5, 0.6) is 0 Å². The average Bonchev–Trinajstić information content (AvgIpc) is 2.12. The Morgan fingerprint density at radius 1 is 1.44 bits per heavy atom. The Bertz CT molecular complexity index is 352. The van der Waals surface area contributed by atoms with Crippen LogP contribution in [0.4, 0.5) is 4.79 Å². The quantitative estimate of drug-likeness (QED) is 0.756. The van der Waals surface area contributed by atoms with Gasteiger partial charge in [0, 0.05) is 5.41 Å². The van der Waals surface area contributed by atoms with E-state index in [1.165, 1.54) is 0 Å². The van der Waals surface area contributed by atoms with E-state index in [0.29, 0.717) is 0 Å². The molecule has 0 aliphatic heterocycles. The Labute approximate surface area is 107 Å². The van der Waals surface area contributed by atoms with Crippen LogP contribution in [0.1, 0.15) is 40.0 Å². The lowest BCUT2D eigenvalue weighted by Gasteiger charge is -2.43. The molecule has 0 bridgehead atoms. The lowest BCUT2D eigenvalue weighted by atomic mass is 9.64. The minimum atomic E-state index is -1.06. The summed E-state index contributed by atoms with van der Waals surface area (Å²) < 4.78 is 5.08. The molecular formula is C13H21NO4. The van der Waals surface area contributed by atoms with E-state index in [1.54, 1.807) is 26.8 Å². The third-order valence-electron chi connectivity index (χ3n) is 3.17. The van der Waals surface area contributed by atoms with Gasteiger partial charge >= 0.3 is 12.1 Å². The number of hydrogen-bond donors (Lipinski definition) is 2. The summed E-state index contributed by atoms with van der Waals surface area (Å²) in [6.45, 7) is 8.88. The Balaban J connectivity index is 2.73. The fourth-order valence-electron chi connectivity index (χ4n) is 2.07. The third-order valence-corrected chi connectivity index (χ3v) is 3.17. The van der Waals surface area contributed by atoms with Gasteiger partial charge in [0.15, 0.2) is 0 Å². The van der Waals surface area contributed by atoms with Crippen molar-refractivity contribution in [3.8, 4) is 0 Å². The second kappa shape index (κ2) is 5.00. The van der Waals surface area contributed by atoms with Gasteiger partial charge in [0.25, 0.3) is 0 Å². The highest BCUT2D eigenvalue weighted by molar-refractivity contribution is 5.81. The highest BCUT2D eigenvalue weighted by atomic mass is 16.6. The summed E-state index contributed by atoms with van der Waals surface area (Å²) in [6.07, 6.45) is 3.33. The number of carbonyl (C=O) groups excluding carboxylic acids is 1. The molecule has 1 unspecified atom stereocenters. The largest absolute Gasteiger partial charge is 0.480 e. The molecule has 18 heavy (non-hydrogen) atoms. The molecule has 0 aromatic rings. The number of ether oxygens (including phenoxy) is 1. The van der Waals surface area contributed by atoms with Crippen LogP contribution in [-0.2, 0) is 9.53 Å². The van der Waals surface area contributed by atoms with Crippen molar-refractivity contribution in [3.05, 3.63) is 12.7 Å². The van der Waals surface area contributed by atoms with Crippen molar-refractivity contribution < 1.29 is 19.4 Å². The van der Waals surface area contributed by atoms with Crippen LogP contribution < -0.4 is 5.32 Å². The monoisotopic (exact) mass is 255 g/mol. The standard InChI is InChI=1S/C13H21NO4/c1-5-13(7-6-8-13)9(10(15)16)14-11(17)18-12(2,3)4/h5,9H,1,6-8H2,2-4H3,(H,14,17)(H,15,16). The molecule has 0 spiro atoms. The zero-order valence-electron chi connectivity index (χ0n) is 11.2. The Kier molecular flexibility index (Phi) is 4.04. The van der Waals surface area contributed by atoms with Gasteiger partial charge in [-0.15, -0.1) is 6.58 Å². The van der Waals surface area contributed by atoms with Crippen LogP contribution >= 0.6 is 0 Å². The number of carboxylic acid groups (broad SMARTS) is 1. The van der Waals surface area contributed by atoms with Crippen molar-refractivity contribution in [2.24, 2.45) is 5.41 Å². The van der Waals surface area contributed by atoms with Gasteiger partial charge in [0.1, 0.15) is 11.6 Å². The number of carboxylic acids is 1. The molecule has 0 aromatic heterocycles. The Morgan fingerprint density at radius 3 is 2.28 bits per heavy atom. The Hall–Kier alpha value is -1.52. The molecule has 1 rings (SSSR count). The molecule has 1 amide bonds. The summed E-state index contributed by atoms with van der Waals surface area (Å²) in [5.41, 5.74) is -1.18. The van der Waals surface area contributed by atoms with Gasteiger partial charge in [-0.3, -0.25) is 0 Å². The van der Waals surface area contributed by atoms with E-state index in [1.807, 2.05) is 0 Å². The van der Waals surface area contributed by atoms with Crippen molar-refractivity contribution in [2.75, 3.05) is 0 Å². The fourth-order valence-corrected chi connectivity index (χ4v) is 2.07. The summed E-state index contributed by atoms with van der Waals surface area (Å²) in [4.78, 5) is 22.9. The number of aliphatic carboxylic acids is 1. The highest BCUT2D eigenvalue weighted by Gasteiger charge is 2.46. The molecule has 0 aromatic carbocycles. The van der Waals surface area contributed by atoms with Crippen molar-refractivity contribution >= 4 is 12.1 Å². The van der Waals surface area contributed by atoms with Gasteiger partial charge in [-0.05, 0) is 33.6 Å². The van der Waals surface area contributed by atoms with Crippen LogP contribution in [0.3, 0.4) is 0 Å². The van der Waals surface area contributed by atoms with Crippen LogP contribution in [0, 0.1) is 5.41 Å². The summed E-state index contributed by atoms with van der Waals surface area (Å²) >= 11 is 0. The second-order valence-electron chi connectivity index (χ2n) is 5.71. The van der Waals surface area contributed by atoms with Gasteiger partial charge in [0.05, 0.1) is 0 Å². The summed E-state index contributed by atoms with van der Waals surface area (Å²) in [7, 11) is 0. The molecule has 1 fully saturated rings. The molecule has 1 aliphatic rings. The summed E-state index contributed by atoms with van der Waals surface area (Å²) in [5, 5.41) is 11.7. The van der Waals surface area contributed by atoms with Crippen molar-refractivity contribution in [3.63, 3.8) is 0 Å². The molecule has 5 nitrogen and oxygen atoms in total. The first-order valence-electron chi connectivity index (χ1n) is 6.06. The number of amides is 1. The van der Waals surface area contributed by atoms with Gasteiger partial charge in [-0.25, -0.2) is 9.59 Å². The molecule has 0 heterocycles. The smallest absolute Gasteiger partial charge is 0.408 e. The van der Waals surface area contributed by atoms with Gasteiger partial charge < -0.3 is 15.2 Å². The lowest BCUT2D eigenvalue weighted by Crippen LogP contribution is -2.55. The van der Waals surface area contributed by atoms with Gasteiger partial charge in [0.2, 0.25) is 0 Å². The molecule has 1 saturated carbocycles. The maximum absolute atomic E-state index is 11.6. The zero-order chi connectivity index (χ0) is 14.0. The SMILES string of the molecule is C=CC1(C(NC(=O)OC(C)(C)C)C(=O)O)CCC1. The molecule has 2 N–H and O–H groups in total. The molecule has 1 aliphatic carbocycles. The topological polar surface area (TPSA) is 75.6 Å². The molecule has 5 heteroatoms. The van der Waals surface area contributed by atoms with E-state index in [-0.39, 0.29) is 0 Å². The number of rotatable bonds is 4. The van der Waals surface area contributed by atoms with Crippen LogP contribution in [0.15, 0.2) is 12.7 Å². The van der Waals surface area contributed by atoms with E-state index >= 15 is 0 Å². The van der Waals surface area contributed by atoms with Gasteiger partial charge in [-0.2, -0.15) is 0 Å². The predicted molar refractivity (Wildman–Crippen MR) is 67.3 cm³/mol. The summed E-state index contributed by atoms with van der Waals surface area (Å²) in [5.74, 6) is -1.06. The van der Waals surface area contributed by atoms with Crippen LogP contribution in [-0.4, -0.2) is 28.8 Å². The molecular weight excluding hydrogens is 234 g/mol. The van der Waals surface area contributed by atoms with Crippen LogP contribution in [0.25, 0.3) is 0 Å². The first-order chi connectivity index (χ1) is 8.20. The van der Waals surface area contributed by atoms with Crippen molar-refractivity contribution in [1.29, 1.82) is 0 Å². The van der Waals surface area contributed by atoms with Gasteiger partial charge in [-0.1, -0.05) is 12.5 Å². The summed E-state index contributed by atoms with van der Waals surface area (Å²) in [6, 6.07) is -0.974. The molecule has 0 radical (unpaired) electrons. The predicted octanol–water partition coefficient (Wildman–Crippen LogP) is 2.32. The normalized spacial score (nSPS) is 19.3. The van der Waals surface area contributed by atoms with Crippen molar-refractivity contribution in [1.82, 2.24) is 5.32 Å². The Morgan fingerprint density at radius 2 is 2.00 bits per heavy atom. The first-order valence-corrected chi connectivity index (χ1v) is 6.06. The fraction of sp³-hybridized carbons (Fsp3) is 0.692. The van der Waals surface area contributed by atoms with Crippen LogP contribution in [0.2, 0.25) is 0 Å². The molecule has 0 saturated heterocycles. The zero-order valence-corrected chi connectivity index (χ0v) is 11.2. The van der Waals surface area contributed by atoms with Crippen molar-refractivity contribution in [2.45, 2.75) is 51.7 Å². The first kappa shape index (κ1) is 14.5. The van der Waals surface area contributed by atoms with E-state index in [9.17, 15) is 14.7 Å². The molecule has 1 atom stereocenters. The average molecular weight is 255 g/mol. The molecule has 102 valence electrons. The second-order valence-corrected chi connectivity index (χ2v) is 5.71. The van der Waals surface area contributed by atoms with E-state index < -0.39 is 29.1 Å². The third kappa shape index (κ3) is 3.24. The number of carbonyl (C=O) groups is 2. The number of nitrogens with one attached hydrogen (secondary N) is 1. The van der Waals surface area contributed by atoms with E-state index in [2.05, 4.69) is 11.9 Å². The van der Waals surface area contributed by atoms with E-state index in [0.717, 1.165) is 19.3 Å². The lowest BCUT2D eigenvalue weighted by molar-refractivity contribution is -0.144. The minimum Gasteiger partial charge on any atom is -0.480 e. The number of alkyl carbamates (subject to hydrolysis) is 1. The number of hydrogen-bond acceptors (Lipinski definition) is 3. The van der Waals surface area contributed by atoms with E-state index in [4.69, 9.17) is 4.74 Å². The highest BCUT2D eigenvalue weighted by Crippen LogP contribution is 2.45. The maximum atomic E-state index is 11.6.